The number of nitrogens with two attached hydrogens (primary N) is 6. The number of carbonyl (C=O) groups is 2. The van der Waals surface area contributed by atoms with E-state index < -0.39 is 116 Å². The van der Waals surface area contributed by atoms with Crippen molar-refractivity contribution in [1.29, 1.82) is 0 Å². The zero-order valence-electron chi connectivity index (χ0n) is 43.2. The first-order valence-electron chi connectivity index (χ1n) is 26.4. The lowest BCUT2D eigenvalue weighted by atomic mass is 9.83. The minimum absolute atomic E-state index is 0.0678. The number of aliphatic hydroxyl groups is 6. The highest BCUT2D eigenvalue weighted by atomic mass is 32.1. The first-order chi connectivity index (χ1) is 37.4. The predicted molar refractivity (Wildman–Crippen MR) is 287 cm³/mol. The lowest BCUT2D eigenvalue weighted by Crippen LogP contribution is -2.68. The molecule has 3 saturated heterocycles. The van der Waals surface area contributed by atoms with Crippen LogP contribution in [-0.2, 0) is 44.4 Å². The molecule has 28 heteroatoms. The normalized spacial score (nSPS) is 34.7. The lowest BCUT2D eigenvalue weighted by Gasteiger charge is -2.47. The Labute approximate surface area is 462 Å². The van der Waals surface area contributed by atoms with Gasteiger partial charge in [-0.15, -0.1) is 0 Å². The number of carbonyl (C=O) groups excluding carboxylic acids is 2. The van der Waals surface area contributed by atoms with E-state index in [2.05, 4.69) is 21.3 Å². The average Bonchev–Trinajstić information content (AvgIpc) is 3.81. The number of hydrogen-bond acceptors (Lipinski definition) is 24. The molecule has 0 radical (unpaired) electrons. The van der Waals surface area contributed by atoms with Gasteiger partial charge < -0.3 is 124 Å². The molecule has 4 fully saturated rings. The van der Waals surface area contributed by atoms with E-state index in [4.69, 9.17) is 96.7 Å². The first kappa shape index (κ1) is 62.0. The van der Waals surface area contributed by atoms with Crippen LogP contribution in [0.3, 0.4) is 0 Å². The van der Waals surface area contributed by atoms with Crippen LogP contribution in [0.1, 0.15) is 69.5 Å². The van der Waals surface area contributed by atoms with E-state index >= 15 is 0 Å². The molecule has 1 saturated carbocycles. The number of ketones is 2. The molecule has 3 aliphatic heterocycles. The van der Waals surface area contributed by atoms with Crippen LogP contribution in [-0.4, -0.2) is 228 Å². The first-order valence-corrected chi connectivity index (χ1v) is 27.2. The highest BCUT2D eigenvalue weighted by molar-refractivity contribution is 7.80. The zero-order valence-corrected chi connectivity index (χ0v) is 44.8. The van der Waals surface area contributed by atoms with Crippen LogP contribution in [0.2, 0.25) is 0 Å². The van der Waals surface area contributed by atoms with Crippen molar-refractivity contribution in [1.82, 2.24) is 21.3 Å². The van der Waals surface area contributed by atoms with Crippen LogP contribution in [0.4, 0.5) is 0 Å². The van der Waals surface area contributed by atoms with Gasteiger partial charge >= 0.3 is 0 Å². The minimum atomic E-state index is -1.62. The van der Waals surface area contributed by atoms with Gasteiger partial charge in [-0.3, -0.25) is 9.59 Å². The molecule has 26 nitrogen and oxygen atoms in total. The summed E-state index contributed by atoms with van der Waals surface area (Å²) < 4.78 is 48.0. The van der Waals surface area contributed by atoms with Gasteiger partial charge in [-0.25, -0.2) is 0 Å². The second-order valence-electron chi connectivity index (χ2n) is 20.0. The summed E-state index contributed by atoms with van der Waals surface area (Å²) in [5.74, 6) is -0.319. The van der Waals surface area contributed by atoms with E-state index in [-0.39, 0.29) is 42.7 Å². The van der Waals surface area contributed by atoms with Crippen LogP contribution >= 0.6 is 24.4 Å². The summed E-state index contributed by atoms with van der Waals surface area (Å²) >= 11 is 11.0. The monoisotopic (exact) mass is 1140 g/mol. The number of nitrogens with one attached hydrogen (secondary N) is 4. The third-order valence-corrected chi connectivity index (χ3v) is 15.0. The van der Waals surface area contributed by atoms with Crippen molar-refractivity contribution in [3.63, 3.8) is 0 Å². The summed E-state index contributed by atoms with van der Waals surface area (Å²) in [6.45, 7) is 3.17. The van der Waals surface area contributed by atoms with Crippen LogP contribution in [0.25, 0.3) is 0 Å². The van der Waals surface area contributed by atoms with E-state index in [1.165, 1.54) is 0 Å². The van der Waals surface area contributed by atoms with Gasteiger partial charge in [0.05, 0.1) is 18.2 Å². The number of unbranched alkanes of at least 4 members (excludes halogenated alkanes) is 1. The van der Waals surface area contributed by atoms with Gasteiger partial charge in [0.25, 0.3) is 0 Å². The molecule has 436 valence electrons. The summed E-state index contributed by atoms with van der Waals surface area (Å²) in [4.78, 5) is 26.0. The highest BCUT2D eigenvalue weighted by Crippen LogP contribution is 2.35. The van der Waals surface area contributed by atoms with Gasteiger partial charge in [-0.05, 0) is 74.2 Å². The Morgan fingerprint density at radius 1 is 0.538 bits per heavy atom. The molecule has 3 heterocycles. The highest BCUT2D eigenvalue weighted by Gasteiger charge is 2.54. The number of hydrogen-bond donors (Lipinski definition) is 16. The zero-order chi connectivity index (χ0) is 56.2. The Kier molecular flexibility index (Phi) is 23.3. The van der Waals surface area contributed by atoms with Crippen LogP contribution in [0, 0.1) is 0 Å². The Morgan fingerprint density at radius 2 is 1.03 bits per heavy atom. The Balaban J connectivity index is 0.790. The maximum absolute atomic E-state index is 13.1. The molecule has 0 amide bonds. The molecule has 0 bridgehead atoms. The molecule has 2 aromatic carbocycles. The summed E-state index contributed by atoms with van der Waals surface area (Å²) in [5, 5.41) is 78.5. The molecular weight excluding hydrogens is 1060 g/mol. The Morgan fingerprint density at radius 3 is 1.59 bits per heavy atom. The number of fused-ring (bicyclic) bond motifs is 2. The molecule has 22 N–H and O–H groups in total. The lowest BCUT2D eigenvalue weighted by molar-refractivity contribution is -0.306. The van der Waals surface area contributed by atoms with Crippen molar-refractivity contribution in [2.24, 2.45) is 34.4 Å². The van der Waals surface area contributed by atoms with Crippen molar-refractivity contribution in [2.45, 2.75) is 155 Å². The number of rotatable bonds is 25. The van der Waals surface area contributed by atoms with Crippen LogP contribution < -0.4 is 55.7 Å². The van der Waals surface area contributed by atoms with Gasteiger partial charge in [0.15, 0.2) is 40.7 Å². The molecule has 1 unspecified atom stereocenters. The SMILES string of the molecule is NCC1O[C@H](O[C@H]2[C@@H](O)[C@H](O[C@@H]3[C@@H](O)[C@H](N)C[C@H](N)[C@H]3O[C@H]3O[C@H](CN)[C@@H](O)[C@H](O)[C@H]3N)O[C@@H]2CNC(=S)NCCCOCCCCOCCCNC(=S)NCc2ccc3c(c2)C(=O)c2ccccc2C3=O)[C@H](N)[C@@H](O)[C@@H]1O. The Hall–Kier alpha value is -3.64. The summed E-state index contributed by atoms with van der Waals surface area (Å²) in [6.07, 6.45) is -17.1. The summed E-state index contributed by atoms with van der Waals surface area (Å²) in [7, 11) is 0. The Bertz CT molecular complexity index is 2300. The number of benzene rings is 2. The fraction of sp³-hybridized carbons (Fsp3) is 0.680. The van der Waals surface area contributed by atoms with Crippen molar-refractivity contribution < 1.29 is 78.1 Å². The van der Waals surface area contributed by atoms with E-state index in [1.54, 1.807) is 36.4 Å². The van der Waals surface area contributed by atoms with E-state index in [0.717, 1.165) is 24.8 Å². The maximum Gasteiger partial charge on any atom is 0.194 e. The van der Waals surface area contributed by atoms with Gasteiger partial charge in [0, 0.05) is 100 Å². The fourth-order valence-corrected chi connectivity index (χ4v) is 10.2. The minimum Gasteiger partial charge on any atom is -0.389 e. The molecule has 2 aliphatic carbocycles. The summed E-state index contributed by atoms with van der Waals surface area (Å²) in [6, 6.07) is 7.78. The van der Waals surface area contributed by atoms with E-state index in [1.807, 2.05) is 6.07 Å². The van der Waals surface area contributed by atoms with Gasteiger partial charge in [-0.1, -0.05) is 30.3 Å². The molecular formula is C50H78N10O16S2. The van der Waals surface area contributed by atoms with Crippen molar-refractivity contribution in [3.05, 3.63) is 70.3 Å². The average molecular weight is 1140 g/mol. The van der Waals surface area contributed by atoms with Crippen molar-refractivity contribution >= 4 is 46.2 Å². The molecule has 0 aromatic heterocycles. The molecule has 0 spiro atoms. The second-order valence-corrected chi connectivity index (χ2v) is 20.8. The molecule has 19 atom stereocenters. The van der Waals surface area contributed by atoms with Gasteiger partial charge in [-0.2, -0.15) is 0 Å². The second kappa shape index (κ2) is 29.4. The molecule has 5 aliphatic rings. The fourth-order valence-electron chi connectivity index (χ4n) is 9.88. The van der Waals surface area contributed by atoms with Crippen LogP contribution in [0.5, 0.6) is 0 Å². The number of aliphatic hydroxyl groups excluding tert-OH is 6. The third-order valence-electron chi connectivity index (χ3n) is 14.4. The number of ether oxygens (including phenoxy) is 8. The molecule has 78 heavy (non-hydrogen) atoms. The van der Waals surface area contributed by atoms with Crippen molar-refractivity contribution in [2.75, 3.05) is 59.2 Å². The quantitative estimate of drug-likeness (QED) is 0.0278. The van der Waals surface area contributed by atoms with Gasteiger partial charge in [0.2, 0.25) is 0 Å². The predicted octanol–water partition coefficient (Wildman–Crippen LogP) is -5.39. The largest absolute Gasteiger partial charge is 0.389 e. The smallest absolute Gasteiger partial charge is 0.194 e. The number of thiocarbonyl (C=S) groups is 2. The summed E-state index contributed by atoms with van der Waals surface area (Å²) in [5.41, 5.74) is 39.2. The van der Waals surface area contributed by atoms with E-state index in [0.29, 0.717) is 79.8 Å². The maximum atomic E-state index is 13.1. The standard InChI is InChI=1S/C50H78N10O16S2/c51-19-30-38(64)40(66)33(55)46(71-30)74-43-29(54)18-28(53)37(63)45(43)76-48-42(68)44(75-47-34(56)41(67)39(65)31(20-52)72-47)32(73-48)22-60-50(78)58-12-6-16-70-14-4-3-13-69-15-5-11-57-49(77)59-21-23-9-10-26-27(17-23)36(62)25-8-2-1-7-24(25)35(26)61/h1-2,7-10,17,28-34,37-48,63-68H,3-6,11-16,18-22,51-56H2,(H2,57,59,77)(H2,58,60,78)/t28-,29+,30-,31?,32-,33-,34-,37+,38-,39-,40-,41-,42-,43-,44-,45-,46-,47-,48+/m1/s1. The molecule has 7 rings (SSSR count). The third kappa shape index (κ3) is 15.3. The van der Waals surface area contributed by atoms with Crippen molar-refractivity contribution in [3.8, 4) is 0 Å². The van der Waals surface area contributed by atoms with Gasteiger partial charge in [0.1, 0.15) is 67.1 Å². The topological polar surface area (TPSA) is 434 Å². The van der Waals surface area contributed by atoms with E-state index in [9.17, 15) is 40.2 Å². The van der Waals surface area contributed by atoms with Crippen LogP contribution in [0.15, 0.2) is 42.5 Å². The molecule has 2 aromatic rings.